The standard InChI is InChI=1S/C15H19Cl2NO2/c1-8-3-4-11(5-9(8)2)20-15(19)10-6-12(16)14(17)13(18)7-10/h6-9,11H,3-5,18H2,1-2H3. The topological polar surface area (TPSA) is 52.3 Å². The molecule has 110 valence electrons. The molecule has 0 heterocycles. The Morgan fingerprint density at radius 2 is 1.95 bits per heavy atom. The van der Waals surface area contributed by atoms with E-state index in [0.717, 1.165) is 19.3 Å². The Morgan fingerprint density at radius 1 is 1.25 bits per heavy atom. The predicted molar refractivity (Wildman–Crippen MR) is 82.3 cm³/mol. The van der Waals surface area contributed by atoms with Crippen LogP contribution in [0.3, 0.4) is 0 Å². The number of carbonyl (C=O) groups excluding carboxylic acids is 1. The minimum atomic E-state index is -0.387. The van der Waals surface area contributed by atoms with Gasteiger partial charge in [0.15, 0.2) is 0 Å². The first-order valence-electron chi connectivity index (χ1n) is 6.84. The number of ether oxygens (including phenoxy) is 1. The third kappa shape index (κ3) is 3.39. The Bertz CT molecular complexity index is 496. The van der Waals surface area contributed by atoms with Crippen LogP contribution in [0.25, 0.3) is 0 Å². The van der Waals surface area contributed by atoms with Crippen molar-refractivity contribution >= 4 is 34.9 Å². The van der Waals surface area contributed by atoms with Crippen LogP contribution in [0.4, 0.5) is 5.69 Å². The minimum absolute atomic E-state index is 0.0237. The first-order valence-corrected chi connectivity index (χ1v) is 7.59. The van der Waals surface area contributed by atoms with Crippen LogP contribution in [0.2, 0.25) is 10.0 Å². The molecule has 1 saturated carbocycles. The largest absolute Gasteiger partial charge is 0.459 e. The molecule has 5 heteroatoms. The molecule has 1 aliphatic carbocycles. The molecular weight excluding hydrogens is 297 g/mol. The van der Waals surface area contributed by atoms with Crippen molar-refractivity contribution < 1.29 is 9.53 Å². The molecule has 0 aliphatic heterocycles. The number of rotatable bonds is 2. The van der Waals surface area contributed by atoms with Crippen molar-refractivity contribution in [2.75, 3.05) is 5.73 Å². The van der Waals surface area contributed by atoms with Gasteiger partial charge in [-0.1, -0.05) is 37.0 Å². The Hall–Kier alpha value is -0.930. The molecule has 2 rings (SSSR count). The Labute approximate surface area is 129 Å². The molecule has 0 radical (unpaired) electrons. The zero-order valence-corrected chi connectivity index (χ0v) is 13.2. The van der Waals surface area contributed by atoms with Crippen molar-refractivity contribution in [2.24, 2.45) is 11.8 Å². The summed E-state index contributed by atoms with van der Waals surface area (Å²) < 4.78 is 5.55. The van der Waals surface area contributed by atoms with Crippen molar-refractivity contribution in [3.05, 3.63) is 27.7 Å². The summed E-state index contributed by atoms with van der Waals surface area (Å²) in [6.45, 7) is 4.43. The number of nitrogens with two attached hydrogens (primary N) is 1. The van der Waals surface area contributed by atoms with Crippen LogP contribution in [0, 0.1) is 11.8 Å². The van der Waals surface area contributed by atoms with Crippen molar-refractivity contribution in [1.29, 1.82) is 0 Å². The molecule has 3 atom stereocenters. The molecule has 1 aliphatic rings. The highest BCUT2D eigenvalue weighted by atomic mass is 35.5. The fourth-order valence-electron chi connectivity index (χ4n) is 2.55. The number of halogens is 2. The van der Waals surface area contributed by atoms with Crippen LogP contribution in [-0.4, -0.2) is 12.1 Å². The van der Waals surface area contributed by atoms with E-state index in [9.17, 15) is 4.79 Å². The van der Waals surface area contributed by atoms with Crippen molar-refractivity contribution in [3.8, 4) is 0 Å². The monoisotopic (exact) mass is 315 g/mol. The van der Waals surface area contributed by atoms with Crippen LogP contribution >= 0.6 is 23.2 Å². The molecule has 0 saturated heterocycles. The van der Waals surface area contributed by atoms with Gasteiger partial charge < -0.3 is 10.5 Å². The normalized spacial score (nSPS) is 26.3. The molecule has 0 aromatic heterocycles. The predicted octanol–water partition coefficient (Wildman–Crippen LogP) is 4.56. The lowest BCUT2D eigenvalue weighted by Gasteiger charge is -2.31. The van der Waals surface area contributed by atoms with E-state index in [4.69, 9.17) is 33.7 Å². The second kappa shape index (κ2) is 6.23. The molecule has 0 bridgehead atoms. The number of benzene rings is 1. The highest BCUT2D eigenvalue weighted by molar-refractivity contribution is 6.43. The zero-order valence-electron chi connectivity index (χ0n) is 11.7. The van der Waals surface area contributed by atoms with Gasteiger partial charge in [0.2, 0.25) is 0 Å². The summed E-state index contributed by atoms with van der Waals surface area (Å²) in [5.41, 5.74) is 6.35. The molecule has 0 spiro atoms. The fourth-order valence-corrected chi connectivity index (χ4v) is 2.89. The average molecular weight is 316 g/mol. The zero-order chi connectivity index (χ0) is 14.9. The SMILES string of the molecule is CC1CCC(OC(=O)c2cc(N)c(Cl)c(Cl)c2)CC1C. The fraction of sp³-hybridized carbons (Fsp3) is 0.533. The van der Waals surface area contributed by atoms with Crippen LogP contribution in [0.5, 0.6) is 0 Å². The van der Waals surface area contributed by atoms with E-state index in [1.54, 1.807) is 0 Å². The molecule has 1 aromatic rings. The van der Waals surface area contributed by atoms with Gasteiger partial charge in [0, 0.05) is 0 Å². The van der Waals surface area contributed by atoms with E-state index in [2.05, 4.69) is 13.8 Å². The third-order valence-electron chi connectivity index (χ3n) is 4.12. The van der Waals surface area contributed by atoms with Gasteiger partial charge in [-0.05, 0) is 43.2 Å². The maximum absolute atomic E-state index is 12.1. The first kappa shape index (κ1) is 15.5. The molecule has 0 amide bonds. The lowest BCUT2D eigenvalue weighted by atomic mass is 9.80. The number of esters is 1. The molecule has 1 fully saturated rings. The van der Waals surface area contributed by atoms with E-state index >= 15 is 0 Å². The molecule has 1 aromatic carbocycles. The van der Waals surface area contributed by atoms with Crippen molar-refractivity contribution in [3.63, 3.8) is 0 Å². The van der Waals surface area contributed by atoms with Gasteiger partial charge >= 0.3 is 5.97 Å². The lowest BCUT2D eigenvalue weighted by molar-refractivity contribution is 0.00879. The van der Waals surface area contributed by atoms with E-state index < -0.39 is 0 Å². The molecule has 3 unspecified atom stereocenters. The summed E-state index contributed by atoms with van der Waals surface area (Å²) in [5.74, 6) is 0.869. The van der Waals surface area contributed by atoms with Crippen LogP contribution in [0.1, 0.15) is 43.5 Å². The Kier molecular flexibility index (Phi) is 4.82. The number of anilines is 1. The first-order chi connectivity index (χ1) is 9.38. The second-order valence-electron chi connectivity index (χ2n) is 5.66. The number of nitrogen functional groups attached to an aromatic ring is 1. The highest BCUT2D eigenvalue weighted by Gasteiger charge is 2.27. The van der Waals surface area contributed by atoms with Gasteiger partial charge in [-0.25, -0.2) is 4.79 Å². The summed E-state index contributed by atoms with van der Waals surface area (Å²) in [6, 6.07) is 3.00. The van der Waals surface area contributed by atoms with Crippen molar-refractivity contribution in [1.82, 2.24) is 0 Å². The van der Waals surface area contributed by atoms with Gasteiger partial charge in [0.05, 0.1) is 21.3 Å². The van der Waals surface area contributed by atoms with Gasteiger partial charge in [0.25, 0.3) is 0 Å². The van der Waals surface area contributed by atoms with Gasteiger partial charge in [0.1, 0.15) is 6.10 Å². The van der Waals surface area contributed by atoms with Gasteiger partial charge in [-0.15, -0.1) is 0 Å². The summed E-state index contributed by atoms with van der Waals surface area (Å²) in [4.78, 5) is 12.1. The summed E-state index contributed by atoms with van der Waals surface area (Å²) in [7, 11) is 0. The quantitative estimate of drug-likeness (QED) is 0.643. The average Bonchev–Trinajstić information content (AvgIpc) is 2.39. The van der Waals surface area contributed by atoms with Gasteiger partial charge in [-0.3, -0.25) is 0 Å². The number of hydrogen-bond acceptors (Lipinski definition) is 3. The van der Waals surface area contributed by atoms with E-state index in [1.165, 1.54) is 12.1 Å². The van der Waals surface area contributed by atoms with E-state index in [1.807, 2.05) is 0 Å². The highest BCUT2D eigenvalue weighted by Crippen LogP contribution is 2.33. The van der Waals surface area contributed by atoms with E-state index in [0.29, 0.717) is 17.4 Å². The summed E-state index contributed by atoms with van der Waals surface area (Å²) in [5, 5.41) is 0.535. The lowest BCUT2D eigenvalue weighted by Crippen LogP contribution is -2.28. The number of hydrogen-bond donors (Lipinski definition) is 1. The number of carbonyl (C=O) groups is 1. The Balaban J connectivity index is 2.05. The van der Waals surface area contributed by atoms with Crippen LogP contribution < -0.4 is 5.73 Å². The molecule has 3 nitrogen and oxygen atoms in total. The molecule has 20 heavy (non-hydrogen) atoms. The van der Waals surface area contributed by atoms with Crippen LogP contribution in [-0.2, 0) is 4.74 Å². The minimum Gasteiger partial charge on any atom is -0.459 e. The van der Waals surface area contributed by atoms with Crippen molar-refractivity contribution in [2.45, 2.75) is 39.2 Å². The van der Waals surface area contributed by atoms with E-state index in [-0.39, 0.29) is 27.8 Å². The summed E-state index contributed by atoms with van der Waals surface area (Å²) in [6.07, 6.45) is 2.88. The Morgan fingerprint density at radius 3 is 2.55 bits per heavy atom. The maximum Gasteiger partial charge on any atom is 0.338 e. The second-order valence-corrected chi connectivity index (χ2v) is 6.44. The maximum atomic E-state index is 12.1. The van der Waals surface area contributed by atoms with Crippen LogP contribution in [0.15, 0.2) is 12.1 Å². The summed E-state index contributed by atoms with van der Waals surface area (Å²) >= 11 is 11.8. The molecule has 2 N–H and O–H groups in total. The third-order valence-corrected chi connectivity index (χ3v) is 4.93. The van der Waals surface area contributed by atoms with Gasteiger partial charge in [-0.2, -0.15) is 0 Å². The smallest absolute Gasteiger partial charge is 0.338 e. The molecular formula is C15H19Cl2NO2.